The molecule has 0 saturated heterocycles. The van der Waals surface area contributed by atoms with E-state index in [2.05, 4.69) is 10.6 Å². The van der Waals surface area contributed by atoms with Gasteiger partial charge in [-0.3, -0.25) is 4.79 Å². The molecule has 116 valence electrons. The van der Waals surface area contributed by atoms with Gasteiger partial charge < -0.3 is 25.2 Å². The number of rotatable bonds is 10. The number of carbonyl (C=O) groups is 2. The minimum atomic E-state index is -0.970. The van der Waals surface area contributed by atoms with Crippen molar-refractivity contribution in [3.63, 3.8) is 0 Å². The van der Waals surface area contributed by atoms with Gasteiger partial charge in [0.05, 0.1) is 18.7 Å². The van der Waals surface area contributed by atoms with Crippen molar-refractivity contribution in [3.8, 4) is 5.75 Å². The maximum absolute atomic E-state index is 11.3. The Morgan fingerprint density at radius 3 is 2.48 bits per heavy atom. The van der Waals surface area contributed by atoms with Crippen molar-refractivity contribution in [2.45, 2.75) is 0 Å². The molecule has 0 aliphatic carbocycles. The predicted molar refractivity (Wildman–Crippen MR) is 76.7 cm³/mol. The number of methoxy groups -OCH3 is 1. The van der Waals surface area contributed by atoms with Crippen molar-refractivity contribution < 1.29 is 24.2 Å². The standard InChI is InChI=1S/C14H20N2O5/c1-20-8-7-16-13(17)10-15-6-9-21-12-4-2-11(3-5-12)14(18)19/h2-5,15H,6-10H2,1H3,(H,16,17)(H,18,19). The highest BCUT2D eigenvalue weighted by molar-refractivity contribution is 5.87. The van der Waals surface area contributed by atoms with Crippen LogP contribution in [0.2, 0.25) is 0 Å². The summed E-state index contributed by atoms with van der Waals surface area (Å²) in [4.78, 5) is 22.0. The average Bonchev–Trinajstić information content (AvgIpc) is 2.47. The molecule has 0 heterocycles. The summed E-state index contributed by atoms with van der Waals surface area (Å²) in [6.45, 7) is 2.09. The van der Waals surface area contributed by atoms with Gasteiger partial charge in [-0.05, 0) is 24.3 Å². The van der Waals surface area contributed by atoms with Gasteiger partial charge in [0.15, 0.2) is 0 Å². The van der Waals surface area contributed by atoms with Crippen LogP contribution in [-0.4, -0.2) is 56.9 Å². The highest BCUT2D eigenvalue weighted by Gasteiger charge is 2.02. The van der Waals surface area contributed by atoms with Crippen LogP contribution in [0, 0.1) is 0 Å². The molecule has 7 heteroatoms. The SMILES string of the molecule is COCCNC(=O)CNCCOc1ccc(C(=O)O)cc1. The van der Waals surface area contributed by atoms with E-state index in [-0.39, 0.29) is 18.0 Å². The normalized spacial score (nSPS) is 10.1. The summed E-state index contributed by atoms with van der Waals surface area (Å²) >= 11 is 0. The minimum Gasteiger partial charge on any atom is -0.492 e. The van der Waals surface area contributed by atoms with E-state index in [0.717, 1.165) is 0 Å². The second-order valence-corrected chi connectivity index (χ2v) is 4.20. The van der Waals surface area contributed by atoms with Gasteiger partial charge >= 0.3 is 5.97 Å². The summed E-state index contributed by atoms with van der Waals surface area (Å²) in [6.07, 6.45) is 0. The molecule has 0 saturated carbocycles. The second kappa shape index (κ2) is 9.73. The van der Waals surface area contributed by atoms with Crippen molar-refractivity contribution in [3.05, 3.63) is 29.8 Å². The maximum Gasteiger partial charge on any atom is 0.335 e. The van der Waals surface area contributed by atoms with E-state index in [9.17, 15) is 9.59 Å². The largest absolute Gasteiger partial charge is 0.492 e. The summed E-state index contributed by atoms with van der Waals surface area (Å²) < 4.78 is 10.2. The van der Waals surface area contributed by atoms with Crippen LogP contribution < -0.4 is 15.4 Å². The number of carbonyl (C=O) groups excluding carboxylic acids is 1. The summed E-state index contributed by atoms with van der Waals surface area (Å²) in [5.74, 6) is -0.480. The quantitative estimate of drug-likeness (QED) is 0.531. The number of hydrogen-bond donors (Lipinski definition) is 3. The van der Waals surface area contributed by atoms with Gasteiger partial charge in [-0.15, -0.1) is 0 Å². The summed E-state index contributed by atoms with van der Waals surface area (Å²) in [7, 11) is 1.57. The van der Waals surface area contributed by atoms with E-state index in [1.165, 1.54) is 12.1 Å². The Morgan fingerprint density at radius 1 is 1.14 bits per heavy atom. The number of ether oxygens (including phenoxy) is 2. The number of hydrogen-bond acceptors (Lipinski definition) is 5. The van der Waals surface area contributed by atoms with Gasteiger partial charge in [0, 0.05) is 20.2 Å². The monoisotopic (exact) mass is 296 g/mol. The van der Waals surface area contributed by atoms with Crippen molar-refractivity contribution in [1.29, 1.82) is 0 Å². The third kappa shape index (κ3) is 7.28. The smallest absolute Gasteiger partial charge is 0.335 e. The molecule has 1 rings (SSSR count). The summed E-state index contributed by atoms with van der Waals surface area (Å²) in [6, 6.07) is 6.16. The molecule has 0 radical (unpaired) electrons. The van der Waals surface area contributed by atoms with Gasteiger partial charge in [-0.25, -0.2) is 4.79 Å². The van der Waals surface area contributed by atoms with E-state index < -0.39 is 5.97 Å². The van der Waals surface area contributed by atoms with Crippen LogP contribution in [0.3, 0.4) is 0 Å². The zero-order chi connectivity index (χ0) is 15.5. The van der Waals surface area contributed by atoms with Crippen LogP contribution in [0.25, 0.3) is 0 Å². The number of benzene rings is 1. The topological polar surface area (TPSA) is 96.9 Å². The number of carboxylic acid groups (broad SMARTS) is 1. The van der Waals surface area contributed by atoms with E-state index in [1.54, 1.807) is 19.2 Å². The Balaban J connectivity index is 2.11. The maximum atomic E-state index is 11.3. The summed E-state index contributed by atoms with van der Waals surface area (Å²) in [5, 5.41) is 14.4. The van der Waals surface area contributed by atoms with Crippen molar-refractivity contribution in [1.82, 2.24) is 10.6 Å². The summed E-state index contributed by atoms with van der Waals surface area (Å²) in [5.41, 5.74) is 0.216. The van der Waals surface area contributed by atoms with E-state index >= 15 is 0 Å². The highest BCUT2D eigenvalue weighted by Crippen LogP contribution is 2.11. The first-order valence-corrected chi connectivity index (χ1v) is 6.56. The van der Waals surface area contributed by atoms with Crippen LogP contribution >= 0.6 is 0 Å². The Bertz CT molecular complexity index is 447. The molecule has 1 aromatic rings. The molecule has 0 aromatic heterocycles. The molecule has 0 spiro atoms. The molecule has 3 N–H and O–H groups in total. The van der Waals surface area contributed by atoms with Crippen LogP contribution in [0.1, 0.15) is 10.4 Å². The van der Waals surface area contributed by atoms with Gasteiger partial charge in [-0.2, -0.15) is 0 Å². The van der Waals surface area contributed by atoms with Gasteiger partial charge in [0.25, 0.3) is 0 Å². The second-order valence-electron chi connectivity index (χ2n) is 4.20. The first kappa shape index (κ1) is 16.9. The average molecular weight is 296 g/mol. The third-order valence-corrected chi connectivity index (χ3v) is 2.56. The lowest BCUT2D eigenvalue weighted by Gasteiger charge is -2.08. The van der Waals surface area contributed by atoms with Gasteiger partial charge in [0.1, 0.15) is 12.4 Å². The Labute approximate surface area is 123 Å². The Morgan fingerprint density at radius 2 is 1.86 bits per heavy atom. The lowest BCUT2D eigenvalue weighted by Crippen LogP contribution is -2.36. The molecule has 0 atom stereocenters. The van der Waals surface area contributed by atoms with Crippen molar-refractivity contribution >= 4 is 11.9 Å². The van der Waals surface area contributed by atoms with Crippen LogP contribution in [0.5, 0.6) is 5.75 Å². The number of amides is 1. The van der Waals surface area contributed by atoms with Crippen LogP contribution in [0.4, 0.5) is 0 Å². The molecule has 7 nitrogen and oxygen atoms in total. The molecule has 0 aliphatic heterocycles. The Hall–Kier alpha value is -2.12. The first-order chi connectivity index (χ1) is 10.1. The molecule has 21 heavy (non-hydrogen) atoms. The fourth-order valence-corrected chi connectivity index (χ4v) is 1.49. The number of nitrogens with one attached hydrogen (secondary N) is 2. The number of carboxylic acids is 1. The van der Waals surface area contributed by atoms with Crippen LogP contribution in [0.15, 0.2) is 24.3 Å². The minimum absolute atomic E-state index is 0.0992. The molecular weight excluding hydrogens is 276 g/mol. The molecule has 1 aromatic carbocycles. The fraction of sp³-hybridized carbons (Fsp3) is 0.429. The third-order valence-electron chi connectivity index (χ3n) is 2.56. The lowest BCUT2D eigenvalue weighted by atomic mass is 10.2. The van der Waals surface area contributed by atoms with E-state index in [4.69, 9.17) is 14.6 Å². The molecule has 0 fully saturated rings. The zero-order valence-electron chi connectivity index (χ0n) is 11.9. The van der Waals surface area contributed by atoms with Crippen molar-refractivity contribution in [2.75, 3.05) is 40.0 Å². The first-order valence-electron chi connectivity index (χ1n) is 6.56. The fourth-order valence-electron chi connectivity index (χ4n) is 1.49. The lowest BCUT2D eigenvalue weighted by molar-refractivity contribution is -0.120. The molecule has 0 aliphatic rings. The molecule has 0 bridgehead atoms. The van der Waals surface area contributed by atoms with Crippen LogP contribution in [-0.2, 0) is 9.53 Å². The molecule has 1 amide bonds. The molecular formula is C14H20N2O5. The van der Waals surface area contributed by atoms with E-state index in [0.29, 0.717) is 32.1 Å². The highest BCUT2D eigenvalue weighted by atomic mass is 16.5. The Kier molecular flexibility index (Phi) is 7.85. The van der Waals surface area contributed by atoms with Gasteiger partial charge in [0.2, 0.25) is 5.91 Å². The van der Waals surface area contributed by atoms with Gasteiger partial charge in [-0.1, -0.05) is 0 Å². The zero-order valence-corrected chi connectivity index (χ0v) is 11.9. The van der Waals surface area contributed by atoms with E-state index in [1.807, 2.05) is 0 Å². The number of aromatic carboxylic acids is 1. The van der Waals surface area contributed by atoms with Crippen molar-refractivity contribution in [2.24, 2.45) is 0 Å². The predicted octanol–water partition coefficient (Wildman–Crippen LogP) is 0.116. The molecule has 0 unspecified atom stereocenters.